The van der Waals surface area contributed by atoms with Gasteiger partial charge in [0, 0.05) is 31.7 Å². The zero-order valence-electron chi connectivity index (χ0n) is 9.81. The number of amides is 1. The van der Waals surface area contributed by atoms with Gasteiger partial charge < -0.3 is 14.9 Å². The average molecular weight is 274 g/mol. The van der Waals surface area contributed by atoms with Gasteiger partial charge in [-0.2, -0.15) is 0 Å². The minimum absolute atomic E-state index is 0.144. The molecular weight excluding hydrogens is 261 g/mol. The summed E-state index contributed by atoms with van der Waals surface area (Å²) in [5.74, 6) is -0.567. The number of carboxylic acid groups (broad SMARTS) is 1. The summed E-state index contributed by atoms with van der Waals surface area (Å²) >= 11 is 5.52. The van der Waals surface area contributed by atoms with E-state index in [2.05, 4.69) is 4.98 Å². The Hall–Kier alpha value is -1.56. The number of pyridine rings is 1. The second-order valence-corrected chi connectivity index (χ2v) is 4.60. The molecular formula is C11H13ClFN3O2. The van der Waals surface area contributed by atoms with Gasteiger partial charge in [-0.05, 0) is 6.92 Å². The van der Waals surface area contributed by atoms with E-state index in [4.69, 9.17) is 16.7 Å². The van der Waals surface area contributed by atoms with E-state index in [1.807, 2.05) is 11.8 Å². The summed E-state index contributed by atoms with van der Waals surface area (Å²) in [6.45, 7) is 3.23. The van der Waals surface area contributed by atoms with Gasteiger partial charge in [0.1, 0.15) is 0 Å². The van der Waals surface area contributed by atoms with E-state index in [0.29, 0.717) is 25.3 Å². The van der Waals surface area contributed by atoms with E-state index in [-0.39, 0.29) is 11.2 Å². The summed E-state index contributed by atoms with van der Waals surface area (Å²) in [6.07, 6.45) is 0.566. The fourth-order valence-corrected chi connectivity index (χ4v) is 2.16. The number of halogens is 2. The second kappa shape index (κ2) is 4.97. The van der Waals surface area contributed by atoms with Crippen molar-refractivity contribution in [3.05, 3.63) is 23.2 Å². The van der Waals surface area contributed by atoms with Crippen molar-refractivity contribution in [2.24, 2.45) is 0 Å². The van der Waals surface area contributed by atoms with Crippen LogP contribution in [-0.4, -0.2) is 46.8 Å². The van der Waals surface area contributed by atoms with Crippen molar-refractivity contribution in [3.8, 4) is 0 Å². The van der Waals surface area contributed by atoms with Gasteiger partial charge in [-0.1, -0.05) is 11.6 Å². The Labute approximate surface area is 109 Å². The fraction of sp³-hybridized carbons (Fsp3) is 0.455. The predicted molar refractivity (Wildman–Crippen MR) is 65.6 cm³/mol. The quantitative estimate of drug-likeness (QED) is 0.796. The Morgan fingerprint density at radius 2 is 2.33 bits per heavy atom. The van der Waals surface area contributed by atoms with Gasteiger partial charge >= 0.3 is 6.09 Å². The first-order chi connectivity index (χ1) is 8.49. The lowest BCUT2D eigenvalue weighted by Crippen LogP contribution is -2.53. The predicted octanol–water partition coefficient (Wildman–Crippen LogP) is 2.06. The SMILES string of the molecule is C[C@H]1CN(c2cnc(Cl)c(F)c2)CCN1C(=O)O. The van der Waals surface area contributed by atoms with Gasteiger partial charge in [-0.25, -0.2) is 14.2 Å². The van der Waals surface area contributed by atoms with Gasteiger partial charge in [-0.3, -0.25) is 0 Å². The highest BCUT2D eigenvalue weighted by atomic mass is 35.5. The summed E-state index contributed by atoms with van der Waals surface area (Å²) in [6, 6.07) is 1.17. The summed E-state index contributed by atoms with van der Waals surface area (Å²) < 4.78 is 13.3. The topological polar surface area (TPSA) is 56.7 Å². The first-order valence-electron chi connectivity index (χ1n) is 5.54. The highest BCUT2D eigenvalue weighted by Crippen LogP contribution is 2.22. The third-order valence-corrected chi connectivity index (χ3v) is 3.30. The molecule has 98 valence electrons. The standard InChI is InChI=1S/C11H13ClFN3O2/c1-7-6-15(2-3-16(7)11(17)18)8-4-9(13)10(12)14-5-8/h4-5,7H,2-3,6H2,1H3,(H,17,18)/t7-/m0/s1. The molecule has 7 heteroatoms. The lowest BCUT2D eigenvalue weighted by atomic mass is 10.2. The molecule has 0 aromatic carbocycles. The minimum atomic E-state index is -0.928. The van der Waals surface area contributed by atoms with Crippen LogP contribution in [0.2, 0.25) is 5.15 Å². The van der Waals surface area contributed by atoms with Crippen molar-refractivity contribution >= 4 is 23.4 Å². The monoisotopic (exact) mass is 273 g/mol. The van der Waals surface area contributed by atoms with Crippen LogP contribution in [0.3, 0.4) is 0 Å². The maximum Gasteiger partial charge on any atom is 0.407 e. The van der Waals surface area contributed by atoms with Gasteiger partial charge in [0.05, 0.1) is 11.9 Å². The molecule has 18 heavy (non-hydrogen) atoms. The molecule has 1 fully saturated rings. The van der Waals surface area contributed by atoms with E-state index >= 15 is 0 Å². The first-order valence-corrected chi connectivity index (χ1v) is 5.92. The molecule has 5 nitrogen and oxygen atoms in total. The van der Waals surface area contributed by atoms with Crippen LogP contribution in [0.25, 0.3) is 0 Å². The zero-order valence-corrected chi connectivity index (χ0v) is 10.6. The van der Waals surface area contributed by atoms with Crippen LogP contribution in [0.15, 0.2) is 12.3 Å². The molecule has 0 unspecified atom stereocenters. The Morgan fingerprint density at radius 1 is 1.61 bits per heavy atom. The maximum atomic E-state index is 13.3. The number of anilines is 1. The Kier molecular flexibility index (Phi) is 3.56. The van der Waals surface area contributed by atoms with E-state index in [0.717, 1.165) is 0 Å². The summed E-state index contributed by atoms with van der Waals surface area (Å²) in [5, 5.41) is 8.81. The largest absolute Gasteiger partial charge is 0.465 e. The molecule has 0 radical (unpaired) electrons. The van der Waals surface area contributed by atoms with Gasteiger partial charge in [0.15, 0.2) is 11.0 Å². The molecule has 0 spiro atoms. The van der Waals surface area contributed by atoms with E-state index in [1.54, 1.807) is 0 Å². The van der Waals surface area contributed by atoms with Crippen LogP contribution < -0.4 is 4.90 Å². The summed E-state index contributed by atoms with van der Waals surface area (Å²) in [7, 11) is 0. The number of carbonyl (C=O) groups is 1. The van der Waals surface area contributed by atoms with E-state index in [1.165, 1.54) is 17.2 Å². The summed E-state index contributed by atoms with van der Waals surface area (Å²) in [5.41, 5.74) is 0.619. The molecule has 1 aliphatic rings. The lowest BCUT2D eigenvalue weighted by molar-refractivity contribution is 0.122. The normalized spacial score (nSPS) is 20.1. The fourth-order valence-electron chi connectivity index (χ4n) is 2.06. The Balaban J connectivity index is 2.12. The van der Waals surface area contributed by atoms with Crippen molar-refractivity contribution in [1.82, 2.24) is 9.88 Å². The van der Waals surface area contributed by atoms with Crippen LogP contribution in [0.5, 0.6) is 0 Å². The van der Waals surface area contributed by atoms with E-state index in [9.17, 15) is 9.18 Å². The molecule has 1 saturated heterocycles. The number of piperazine rings is 1. The lowest BCUT2D eigenvalue weighted by Gasteiger charge is -2.39. The zero-order chi connectivity index (χ0) is 13.3. The summed E-state index contributed by atoms with van der Waals surface area (Å²) in [4.78, 5) is 17.9. The molecule has 1 amide bonds. The van der Waals surface area contributed by atoms with Crippen molar-refractivity contribution in [1.29, 1.82) is 0 Å². The third-order valence-electron chi connectivity index (χ3n) is 3.02. The molecule has 1 atom stereocenters. The molecule has 0 saturated carbocycles. The number of hydrogen-bond acceptors (Lipinski definition) is 3. The minimum Gasteiger partial charge on any atom is -0.465 e. The van der Waals surface area contributed by atoms with Gasteiger partial charge in [-0.15, -0.1) is 0 Å². The highest BCUT2D eigenvalue weighted by molar-refractivity contribution is 6.29. The average Bonchev–Trinajstić information content (AvgIpc) is 2.32. The van der Waals surface area contributed by atoms with Gasteiger partial charge in [0.25, 0.3) is 0 Å². The number of aromatic nitrogens is 1. The molecule has 2 rings (SSSR count). The molecule has 1 aromatic heterocycles. The van der Waals surface area contributed by atoms with E-state index < -0.39 is 11.9 Å². The number of hydrogen-bond donors (Lipinski definition) is 1. The van der Waals surface area contributed by atoms with Crippen LogP contribution in [0, 0.1) is 5.82 Å². The van der Waals surface area contributed by atoms with Crippen molar-refractivity contribution in [3.63, 3.8) is 0 Å². The molecule has 0 aliphatic carbocycles. The third kappa shape index (κ3) is 2.48. The Morgan fingerprint density at radius 3 is 2.89 bits per heavy atom. The molecule has 1 N–H and O–H groups in total. The smallest absolute Gasteiger partial charge is 0.407 e. The first kappa shape index (κ1) is 12.9. The highest BCUT2D eigenvalue weighted by Gasteiger charge is 2.27. The molecule has 1 aromatic rings. The second-order valence-electron chi connectivity index (χ2n) is 4.24. The van der Waals surface area contributed by atoms with Crippen molar-refractivity contribution in [2.45, 2.75) is 13.0 Å². The maximum absolute atomic E-state index is 13.3. The van der Waals surface area contributed by atoms with Crippen LogP contribution in [0.1, 0.15) is 6.92 Å². The number of nitrogens with zero attached hydrogens (tertiary/aromatic N) is 3. The Bertz CT molecular complexity index is 472. The molecule has 1 aliphatic heterocycles. The van der Waals surface area contributed by atoms with Crippen molar-refractivity contribution < 1.29 is 14.3 Å². The van der Waals surface area contributed by atoms with Gasteiger partial charge in [0.2, 0.25) is 0 Å². The van der Waals surface area contributed by atoms with Crippen molar-refractivity contribution in [2.75, 3.05) is 24.5 Å². The molecule has 2 heterocycles. The van der Waals surface area contributed by atoms with Crippen LogP contribution >= 0.6 is 11.6 Å². The van der Waals surface area contributed by atoms with Crippen LogP contribution in [-0.2, 0) is 0 Å². The number of rotatable bonds is 1. The molecule has 0 bridgehead atoms. The van der Waals surface area contributed by atoms with Crippen LogP contribution in [0.4, 0.5) is 14.9 Å².